The van der Waals surface area contributed by atoms with Crippen molar-refractivity contribution in [3.8, 4) is 11.3 Å². The molecule has 8 heteroatoms. The van der Waals surface area contributed by atoms with E-state index in [1.807, 2.05) is 35.6 Å². The summed E-state index contributed by atoms with van der Waals surface area (Å²) in [5.74, 6) is -1.75. The van der Waals surface area contributed by atoms with Gasteiger partial charge in [-0.05, 0) is 12.8 Å². The Kier molecular flexibility index (Phi) is 5.87. The zero-order valence-corrected chi connectivity index (χ0v) is 14.9. The average Bonchev–Trinajstić information content (AvgIpc) is 2.94. The van der Waals surface area contributed by atoms with Crippen molar-refractivity contribution in [3.63, 3.8) is 0 Å². The lowest BCUT2D eigenvalue weighted by atomic mass is 10.1. The summed E-state index contributed by atoms with van der Waals surface area (Å²) in [5.41, 5.74) is 6.24. The van der Waals surface area contributed by atoms with Crippen LogP contribution in [0, 0.1) is 12.8 Å². The molecule has 0 saturated carbocycles. The summed E-state index contributed by atoms with van der Waals surface area (Å²) in [7, 11) is 0. The van der Waals surface area contributed by atoms with Crippen molar-refractivity contribution in [3.05, 3.63) is 40.2 Å². The number of aryl methyl sites for hydroxylation is 1. The number of rotatable bonds is 5. The molecular weight excluding hydrogens is 342 g/mol. The van der Waals surface area contributed by atoms with E-state index in [9.17, 15) is 14.4 Å². The Hall–Kier alpha value is -2.74. The lowest BCUT2D eigenvalue weighted by molar-refractivity contribution is -0.130. The fraction of sp³-hybridized carbons (Fsp3) is 0.294. The van der Waals surface area contributed by atoms with Gasteiger partial charge in [-0.15, -0.1) is 11.3 Å². The molecule has 0 saturated heterocycles. The van der Waals surface area contributed by atoms with Crippen molar-refractivity contribution in [2.24, 2.45) is 11.7 Å². The Labute approximate surface area is 149 Å². The van der Waals surface area contributed by atoms with Gasteiger partial charge >= 0.3 is 12.0 Å². The Morgan fingerprint density at radius 3 is 2.40 bits per heavy atom. The molecule has 1 heterocycles. The highest BCUT2D eigenvalue weighted by Gasteiger charge is 2.30. The third kappa shape index (κ3) is 4.63. The molecule has 1 aromatic heterocycles. The standard InChI is InChI=1S/C17H19N3O4S/c1-9(2)13(15(21)20-17(18)23)24-16(22)14-12(19-10(3)25-14)11-7-5-4-6-8-11/h4-9,13H,1-3H3,(H3,18,20,21,23)/t13-/m0/s1. The number of aromatic nitrogens is 1. The first-order valence-electron chi connectivity index (χ1n) is 7.63. The first-order chi connectivity index (χ1) is 11.8. The monoisotopic (exact) mass is 361 g/mol. The van der Waals surface area contributed by atoms with Crippen molar-refractivity contribution in [2.45, 2.75) is 26.9 Å². The van der Waals surface area contributed by atoms with Crippen LogP contribution in [0.4, 0.5) is 4.79 Å². The fourth-order valence-electron chi connectivity index (χ4n) is 2.21. The maximum absolute atomic E-state index is 12.6. The van der Waals surface area contributed by atoms with Crippen LogP contribution in [-0.4, -0.2) is 29.0 Å². The lowest BCUT2D eigenvalue weighted by Gasteiger charge is -2.19. The quantitative estimate of drug-likeness (QED) is 0.795. The minimum Gasteiger partial charge on any atom is -0.448 e. The van der Waals surface area contributed by atoms with Crippen LogP contribution >= 0.6 is 11.3 Å². The summed E-state index contributed by atoms with van der Waals surface area (Å²) in [6.45, 7) is 5.19. The lowest BCUT2D eigenvalue weighted by Crippen LogP contribution is -2.45. The summed E-state index contributed by atoms with van der Waals surface area (Å²) < 4.78 is 5.35. The van der Waals surface area contributed by atoms with E-state index in [2.05, 4.69) is 4.98 Å². The van der Waals surface area contributed by atoms with Gasteiger partial charge < -0.3 is 10.5 Å². The molecular formula is C17H19N3O4S. The Morgan fingerprint density at radius 2 is 1.84 bits per heavy atom. The summed E-state index contributed by atoms with van der Waals surface area (Å²) >= 11 is 1.19. The van der Waals surface area contributed by atoms with E-state index in [0.29, 0.717) is 15.6 Å². The van der Waals surface area contributed by atoms with Crippen molar-refractivity contribution in [2.75, 3.05) is 0 Å². The molecule has 25 heavy (non-hydrogen) atoms. The zero-order chi connectivity index (χ0) is 18.6. The van der Waals surface area contributed by atoms with Gasteiger partial charge in [-0.1, -0.05) is 44.2 Å². The number of carbonyl (C=O) groups is 3. The summed E-state index contributed by atoms with van der Waals surface area (Å²) in [6.07, 6.45) is -1.13. The van der Waals surface area contributed by atoms with Crippen LogP contribution in [-0.2, 0) is 9.53 Å². The molecule has 1 aromatic carbocycles. The second-order valence-corrected chi connectivity index (χ2v) is 6.90. The molecule has 3 amide bonds. The minimum atomic E-state index is -1.13. The summed E-state index contributed by atoms with van der Waals surface area (Å²) in [6, 6.07) is 8.23. The molecule has 0 radical (unpaired) electrons. The molecule has 0 aliphatic carbocycles. The topological polar surface area (TPSA) is 111 Å². The number of primary amides is 1. The van der Waals surface area contributed by atoms with Gasteiger partial charge in [0.05, 0.1) is 10.7 Å². The number of esters is 1. The molecule has 0 bridgehead atoms. The Balaban J connectivity index is 2.28. The average molecular weight is 361 g/mol. The van der Waals surface area contributed by atoms with Crippen LogP contribution in [0.15, 0.2) is 30.3 Å². The van der Waals surface area contributed by atoms with Gasteiger partial charge in [0.15, 0.2) is 6.10 Å². The highest BCUT2D eigenvalue weighted by Crippen LogP contribution is 2.29. The Morgan fingerprint density at radius 1 is 1.20 bits per heavy atom. The third-order valence-electron chi connectivity index (χ3n) is 3.31. The number of nitrogens with zero attached hydrogens (tertiary/aromatic N) is 1. The molecule has 2 rings (SSSR count). The number of hydrogen-bond donors (Lipinski definition) is 2. The summed E-state index contributed by atoms with van der Waals surface area (Å²) in [4.78, 5) is 40.2. The second kappa shape index (κ2) is 7.89. The summed E-state index contributed by atoms with van der Waals surface area (Å²) in [5, 5.41) is 2.65. The number of nitrogens with one attached hydrogen (secondary N) is 1. The number of amides is 3. The van der Waals surface area contributed by atoms with Crippen molar-refractivity contribution >= 4 is 29.2 Å². The van der Waals surface area contributed by atoms with Crippen molar-refractivity contribution in [1.29, 1.82) is 0 Å². The zero-order valence-electron chi connectivity index (χ0n) is 14.1. The second-order valence-electron chi connectivity index (χ2n) is 5.70. The van der Waals surface area contributed by atoms with Crippen LogP contribution < -0.4 is 11.1 Å². The number of nitrogens with two attached hydrogens (primary N) is 1. The minimum absolute atomic E-state index is 0.307. The number of ether oxygens (including phenoxy) is 1. The van der Waals surface area contributed by atoms with Crippen LogP contribution in [0.2, 0.25) is 0 Å². The normalized spacial score (nSPS) is 11.8. The number of urea groups is 1. The predicted octanol–water partition coefficient (Wildman–Crippen LogP) is 2.49. The van der Waals surface area contributed by atoms with E-state index in [4.69, 9.17) is 10.5 Å². The number of imide groups is 1. The van der Waals surface area contributed by atoms with E-state index in [-0.39, 0.29) is 5.92 Å². The van der Waals surface area contributed by atoms with Crippen molar-refractivity contribution in [1.82, 2.24) is 10.3 Å². The number of carbonyl (C=O) groups excluding carboxylic acids is 3. The number of thiazole rings is 1. The SMILES string of the molecule is Cc1nc(-c2ccccc2)c(C(=O)O[C@H](C(=O)NC(N)=O)C(C)C)s1. The fourth-order valence-corrected chi connectivity index (χ4v) is 3.03. The molecule has 2 aromatic rings. The predicted molar refractivity (Wildman–Crippen MR) is 94.1 cm³/mol. The van der Waals surface area contributed by atoms with Crippen LogP contribution in [0.25, 0.3) is 11.3 Å². The molecule has 7 nitrogen and oxygen atoms in total. The molecule has 0 spiro atoms. The van der Waals surface area contributed by atoms with Gasteiger partial charge in [0, 0.05) is 5.56 Å². The van der Waals surface area contributed by atoms with Gasteiger partial charge in [-0.25, -0.2) is 14.6 Å². The van der Waals surface area contributed by atoms with Gasteiger partial charge in [0.25, 0.3) is 5.91 Å². The van der Waals surface area contributed by atoms with Crippen LogP contribution in [0.1, 0.15) is 28.5 Å². The maximum Gasteiger partial charge on any atom is 0.351 e. The van der Waals surface area contributed by atoms with Crippen LogP contribution in [0.3, 0.4) is 0 Å². The first-order valence-corrected chi connectivity index (χ1v) is 8.45. The molecule has 1 atom stereocenters. The van der Waals surface area contributed by atoms with E-state index < -0.39 is 24.0 Å². The Bertz CT molecular complexity index is 786. The molecule has 0 aliphatic rings. The highest BCUT2D eigenvalue weighted by atomic mass is 32.1. The molecule has 0 aliphatic heterocycles. The van der Waals surface area contributed by atoms with E-state index in [1.54, 1.807) is 20.8 Å². The van der Waals surface area contributed by atoms with Gasteiger partial charge in [-0.2, -0.15) is 0 Å². The third-order valence-corrected chi connectivity index (χ3v) is 4.26. The maximum atomic E-state index is 12.6. The van der Waals surface area contributed by atoms with Gasteiger partial charge in [0.2, 0.25) is 0 Å². The molecule has 132 valence electrons. The first kappa shape index (κ1) is 18.6. The van der Waals surface area contributed by atoms with Crippen molar-refractivity contribution < 1.29 is 19.1 Å². The van der Waals surface area contributed by atoms with E-state index in [1.165, 1.54) is 11.3 Å². The van der Waals surface area contributed by atoms with Gasteiger partial charge in [0.1, 0.15) is 4.88 Å². The molecule has 0 fully saturated rings. The highest BCUT2D eigenvalue weighted by molar-refractivity contribution is 7.14. The van der Waals surface area contributed by atoms with Crippen LogP contribution in [0.5, 0.6) is 0 Å². The number of benzene rings is 1. The van der Waals surface area contributed by atoms with E-state index in [0.717, 1.165) is 5.56 Å². The number of hydrogen-bond acceptors (Lipinski definition) is 6. The van der Waals surface area contributed by atoms with Gasteiger partial charge in [-0.3, -0.25) is 10.1 Å². The van der Waals surface area contributed by atoms with E-state index >= 15 is 0 Å². The molecule has 0 unspecified atom stereocenters. The largest absolute Gasteiger partial charge is 0.448 e. The smallest absolute Gasteiger partial charge is 0.351 e. The molecule has 3 N–H and O–H groups in total.